The van der Waals surface area contributed by atoms with Crippen molar-refractivity contribution >= 4 is 11.8 Å². The summed E-state index contributed by atoms with van der Waals surface area (Å²) in [4.78, 5) is 29.0. The molecule has 2 aromatic carbocycles. The number of likely N-dealkylation sites (tertiary alicyclic amines) is 1. The highest BCUT2D eigenvalue weighted by Gasteiger charge is 2.33. The van der Waals surface area contributed by atoms with Gasteiger partial charge in [-0.1, -0.05) is 42.0 Å². The highest BCUT2D eigenvalue weighted by Crippen LogP contribution is 2.30. The molecule has 140 valence electrons. The van der Waals surface area contributed by atoms with E-state index in [2.05, 4.69) is 25.1 Å². The summed E-state index contributed by atoms with van der Waals surface area (Å²) in [6.45, 7) is 4.15. The molecule has 2 fully saturated rings. The number of carbonyl (C=O) groups is 2. The number of benzene rings is 2. The third-order valence-electron chi connectivity index (χ3n) is 5.40. The maximum Gasteiger partial charge on any atom is 0.254 e. The first-order valence-electron chi connectivity index (χ1n) is 9.83. The van der Waals surface area contributed by atoms with Gasteiger partial charge in [0.15, 0.2) is 0 Å². The van der Waals surface area contributed by atoms with E-state index >= 15 is 0 Å². The maximum absolute atomic E-state index is 13.2. The zero-order chi connectivity index (χ0) is 18.8. The zero-order valence-electron chi connectivity index (χ0n) is 15.9. The second-order valence-corrected chi connectivity index (χ2v) is 7.77. The molecule has 0 aromatic heterocycles. The molecule has 2 amide bonds. The summed E-state index contributed by atoms with van der Waals surface area (Å²) in [6, 6.07) is 16.5. The number of aryl methyl sites for hydroxylation is 1. The quantitative estimate of drug-likeness (QED) is 0.781. The van der Waals surface area contributed by atoms with Gasteiger partial charge in [-0.15, -0.1) is 0 Å². The average molecular weight is 362 g/mol. The first-order valence-corrected chi connectivity index (χ1v) is 9.83. The topological polar surface area (TPSA) is 40.6 Å². The molecule has 1 saturated carbocycles. The van der Waals surface area contributed by atoms with Crippen LogP contribution in [0.1, 0.15) is 52.7 Å². The summed E-state index contributed by atoms with van der Waals surface area (Å²) in [5.74, 6) is 0.305. The minimum absolute atomic E-state index is 0.0913. The van der Waals surface area contributed by atoms with Gasteiger partial charge in [-0.2, -0.15) is 0 Å². The average Bonchev–Trinajstić information content (AvgIpc) is 3.43. The van der Waals surface area contributed by atoms with Gasteiger partial charge in [0, 0.05) is 37.7 Å². The predicted octanol–water partition coefficient (Wildman–Crippen LogP) is 3.92. The first kappa shape index (κ1) is 17.8. The Morgan fingerprint density at radius 2 is 1.89 bits per heavy atom. The van der Waals surface area contributed by atoms with Crippen molar-refractivity contribution < 1.29 is 9.59 Å². The standard InChI is InChI=1S/C23H26N2O2/c1-17-5-2-6-18(13-17)16-25(21-10-11-21)23(27)20-8-3-7-19(14-20)15-24-12-4-9-22(24)26/h2-3,5-8,13-14,21H,4,9-12,15-16H2,1H3. The van der Waals surface area contributed by atoms with E-state index in [4.69, 9.17) is 0 Å². The molecule has 0 unspecified atom stereocenters. The predicted molar refractivity (Wildman–Crippen MR) is 105 cm³/mol. The lowest BCUT2D eigenvalue weighted by Gasteiger charge is -2.23. The third kappa shape index (κ3) is 4.21. The second kappa shape index (κ2) is 7.55. The zero-order valence-corrected chi connectivity index (χ0v) is 15.9. The lowest BCUT2D eigenvalue weighted by atomic mass is 10.1. The molecule has 1 saturated heterocycles. The number of amides is 2. The number of rotatable bonds is 6. The molecule has 2 aromatic rings. The van der Waals surface area contributed by atoms with Gasteiger partial charge in [-0.05, 0) is 49.4 Å². The van der Waals surface area contributed by atoms with Gasteiger partial charge in [0.05, 0.1) is 0 Å². The monoisotopic (exact) mass is 362 g/mol. The van der Waals surface area contributed by atoms with Crippen molar-refractivity contribution in [3.8, 4) is 0 Å². The van der Waals surface area contributed by atoms with Crippen LogP contribution in [0.4, 0.5) is 0 Å². The highest BCUT2D eigenvalue weighted by molar-refractivity contribution is 5.94. The molecular formula is C23H26N2O2. The van der Waals surface area contributed by atoms with E-state index in [0.29, 0.717) is 25.6 Å². The Kier molecular flexibility index (Phi) is 4.97. The Morgan fingerprint density at radius 3 is 2.59 bits per heavy atom. The fraction of sp³-hybridized carbons (Fsp3) is 0.391. The minimum atomic E-state index is 0.0913. The summed E-state index contributed by atoms with van der Waals surface area (Å²) in [7, 11) is 0. The fourth-order valence-corrected chi connectivity index (χ4v) is 3.82. The van der Waals surface area contributed by atoms with Gasteiger partial charge < -0.3 is 9.80 Å². The molecule has 0 bridgehead atoms. The molecule has 0 radical (unpaired) electrons. The van der Waals surface area contributed by atoms with Crippen molar-refractivity contribution in [2.75, 3.05) is 6.54 Å². The van der Waals surface area contributed by atoms with E-state index in [-0.39, 0.29) is 11.8 Å². The van der Waals surface area contributed by atoms with E-state index in [0.717, 1.165) is 36.9 Å². The molecule has 2 aliphatic rings. The lowest BCUT2D eigenvalue weighted by Crippen LogP contribution is -2.32. The smallest absolute Gasteiger partial charge is 0.254 e. The van der Waals surface area contributed by atoms with Crippen LogP contribution < -0.4 is 0 Å². The van der Waals surface area contributed by atoms with Gasteiger partial charge in [0.1, 0.15) is 0 Å². The number of nitrogens with zero attached hydrogens (tertiary/aromatic N) is 2. The summed E-state index contributed by atoms with van der Waals surface area (Å²) in [5.41, 5.74) is 4.14. The van der Waals surface area contributed by atoms with Gasteiger partial charge in [0.25, 0.3) is 5.91 Å². The largest absolute Gasteiger partial charge is 0.338 e. The van der Waals surface area contributed by atoms with Crippen LogP contribution in [0.3, 0.4) is 0 Å². The van der Waals surface area contributed by atoms with E-state index in [9.17, 15) is 9.59 Å². The van der Waals surface area contributed by atoms with Crippen LogP contribution in [0.25, 0.3) is 0 Å². The van der Waals surface area contributed by atoms with Crippen LogP contribution in [0.15, 0.2) is 48.5 Å². The summed E-state index contributed by atoms with van der Waals surface area (Å²) in [5, 5.41) is 0. The summed E-state index contributed by atoms with van der Waals surface area (Å²) < 4.78 is 0. The molecule has 1 heterocycles. The molecule has 4 rings (SSSR count). The molecule has 0 spiro atoms. The van der Waals surface area contributed by atoms with Gasteiger partial charge >= 0.3 is 0 Å². The van der Waals surface area contributed by atoms with E-state index in [1.165, 1.54) is 11.1 Å². The van der Waals surface area contributed by atoms with Crippen molar-refractivity contribution in [1.82, 2.24) is 9.80 Å². The van der Waals surface area contributed by atoms with Crippen molar-refractivity contribution in [3.63, 3.8) is 0 Å². The van der Waals surface area contributed by atoms with E-state index < -0.39 is 0 Å². The second-order valence-electron chi connectivity index (χ2n) is 7.77. The van der Waals surface area contributed by atoms with Crippen LogP contribution in [0.2, 0.25) is 0 Å². The minimum Gasteiger partial charge on any atom is -0.338 e. The Hall–Kier alpha value is -2.62. The Morgan fingerprint density at radius 1 is 1.11 bits per heavy atom. The molecule has 1 aliphatic heterocycles. The van der Waals surface area contributed by atoms with Crippen LogP contribution in [0, 0.1) is 6.92 Å². The number of hydrogen-bond donors (Lipinski definition) is 0. The highest BCUT2D eigenvalue weighted by atomic mass is 16.2. The fourth-order valence-electron chi connectivity index (χ4n) is 3.82. The molecule has 4 nitrogen and oxygen atoms in total. The van der Waals surface area contributed by atoms with E-state index in [1.54, 1.807) is 0 Å². The Labute approximate surface area is 160 Å². The van der Waals surface area contributed by atoms with Crippen molar-refractivity contribution in [2.45, 2.75) is 51.7 Å². The molecule has 4 heteroatoms. The van der Waals surface area contributed by atoms with Crippen LogP contribution >= 0.6 is 0 Å². The Balaban J connectivity index is 1.51. The maximum atomic E-state index is 13.2. The van der Waals surface area contributed by atoms with Crippen molar-refractivity contribution in [3.05, 3.63) is 70.8 Å². The van der Waals surface area contributed by atoms with Gasteiger partial charge in [-0.25, -0.2) is 0 Å². The molecule has 1 aliphatic carbocycles. The molecule has 27 heavy (non-hydrogen) atoms. The SMILES string of the molecule is Cc1cccc(CN(C(=O)c2cccc(CN3CCCC3=O)c2)C2CC2)c1. The van der Waals surface area contributed by atoms with Crippen LogP contribution in [-0.2, 0) is 17.9 Å². The van der Waals surface area contributed by atoms with Gasteiger partial charge in [0.2, 0.25) is 5.91 Å². The normalized spacial score (nSPS) is 16.6. The molecule has 0 N–H and O–H groups in total. The summed E-state index contributed by atoms with van der Waals surface area (Å²) >= 11 is 0. The van der Waals surface area contributed by atoms with Gasteiger partial charge in [-0.3, -0.25) is 9.59 Å². The number of hydrogen-bond acceptors (Lipinski definition) is 2. The summed E-state index contributed by atoms with van der Waals surface area (Å²) in [6.07, 6.45) is 3.74. The molecular weight excluding hydrogens is 336 g/mol. The third-order valence-corrected chi connectivity index (χ3v) is 5.40. The lowest BCUT2D eigenvalue weighted by molar-refractivity contribution is -0.128. The molecule has 0 atom stereocenters. The first-order chi connectivity index (χ1) is 13.1. The Bertz CT molecular complexity index is 857. The van der Waals surface area contributed by atoms with Crippen molar-refractivity contribution in [2.24, 2.45) is 0 Å². The van der Waals surface area contributed by atoms with Crippen molar-refractivity contribution in [1.29, 1.82) is 0 Å². The van der Waals surface area contributed by atoms with Crippen LogP contribution in [-0.4, -0.2) is 34.2 Å². The van der Waals surface area contributed by atoms with Crippen LogP contribution in [0.5, 0.6) is 0 Å². The number of carbonyl (C=O) groups excluding carboxylic acids is 2. The van der Waals surface area contributed by atoms with E-state index in [1.807, 2.05) is 40.1 Å².